The average molecular weight is 435 g/mol. The van der Waals surface area contributed by atoms with Crippen molar-refractivity contribution in [1.82, 2.24) is 10.2 Å². The molecule has 3 rings (SSSR count). The molecule has 0 radical (unpaired) electrons. The molecule has 3 nitrogen and oxygen atoms in total. The van der Waals surface area contributed by atoms with E-state index < -0.39 is 0 Å². The van der Waals surface area contributed by atoms with E-state index in [2.05, 4.69) is 115 Å². The quantitative estimate of drug-likeness (QED) is 0.469. The number of hydrogen-bond donors (Lipinski definition) is 1. The van der Waals surface area contributed by atoms with Gasteiger partial charge in [0.1, 0.15) is 0 Å². The first-order valence-electron chi connectivity index (χ1n) is 11.2. The summed E-state index contributed by atoms with van der Waals surface area (Å²) >= 11 is 0. The summed E-state index contributed by atoms with van der Waals surface area (Å²) in [5.41, 5.74) is 3.91. The van der Waals surface area contributed by atoms with E-state index in [1.165, 1.54) is 16.7 Å². The molecule has 32 heavy (non-hydrogen) atoms. The second kappa shape index (κ2) is 18.0. The summed E-state index contributed by atoms with van der Waals surface area (Å²) in [7, 11) is 1.68. The lowest BCUT2D eigenvalue weighted by Gasteiger charge is -2.48. The van der Waals surface area contributed by atoms with Crippen LogP contribution >= 0.6 is 0 Å². The van der Waals surface area contributed by atoms with Crippen molar-refractivity contribution in [2.45, 2.75) is 33.2 Å². The van der Waals surface area contributed by atoms with E-state index in [9.17, 15) is 0 Å². The van der Waals surface area contributed by atoms with Gasteiger partial charge in [0.15, 0.2) is 0 Å². The number of nitrogens with one attached hydrogen (secondary N) is 1. The number of piperazine rings is 1. The molecule has 1 aliphatic heterocycles. The number of hydrogen-bond acceptors (Lipinski definition) is 3. The van der Waals surface area contributed by atoms with Gasteiger partial charge in [-0.1, -0.05) is 72.8 Å². The smallest absolute Gasteiger partial charge is 0.0930 e. The molecule has 0 aliphatic carbocycles. The summed E-state index contributed by atoms with van der Waals surface area (Å²) in [4.78, 5) is 2.63. The Kier molecular flexibility index (Phi) is 16.5. The molecule has 0 amide bonds. The second-order valence-electron chi connectivity index (χ2n) is 7.14. The molecule has 0 atom stereocenters. The number of nitrogens with zero attached hydrogens (tertiary/aromatic N) is 1. The van der Waals surface area contributed by atoms with Gasteiger partial charge in [-0.15, -0.1) is 19.4 Å². The number of rotatable bonds is 5. The van der Waals surface area contributed by atoms with Crippen molar-refractivity contribution >= 4 is 0 Å². The number of allylic oxidation sites excluding steroid dienone is 2. The van der Waals surface area contributed by atoms with Crippen LogP contribution in [-0.2, 0) is 10.3 Å². The van der Waals surface area contributed by atoms with Gasteiger partial charge in [0.05, 0.1) is 5.54 Å². The third-order valence-corrected chi connectivity index (χ3v) is 5.27. The molecule has 174 valence electrons. The predicted octanol–water partition coefficient (Wildman–Crippen LogP) is 5.90. The molecular formula is C29H42N2O. The largest absolute Gasteiger partial charge is 0.385 e. The van der Waals surface area contributed by atoms with Crippen molar-refractivity contribution in [1.29, 1.82) is 0 Å². The monoisotopic (exact) mass is 434 g/mol. The van der Waals surface area contributed by atoms with E-state index in [-0.39, 0.29) is 5.54 Å². The Bertz CT molecular complexity index is 718. The topological polar surface area (TPSA) is 24.5 Å². The minimum Gasteiger partial charge on any atom is -0.385 e. The zero-order chi connectivity index (χ0) is 24.2. The molecule has 1 aliphatic rings. The van der Waals surface area contributed by atoms with Gasteiger partial charge in [-0.05, 0) is 44.4 Å². The normalized spacial score (nSPS) is 13.8. The van der Waals surface area contributed by atoms with Gasteiger partial charge in [-0.25, -0.2) is 0 Å². The fraction of sp³-hybridized carbons (Fsp3) is 0.379. The maximum atomic E-state index is 4.54. The van der Waals surface area contributed by atoms with Crippen LogP contribution in [0.25, 0.3) is 0 Å². The van der Waals surface area contributed by atoms with Crippen LogP contribution in [0.3, 0.4) is 0 Å². The zero-order valence-corrected chi connectivity index (χ0v) is 20.7. The Morgan fingerprint density at radius 2 is 1.38 bits per heavy atom. The van der Waals surface area contributed by atoms with E-state index in [1.54, 1.807) is 13.2 Å². The molecule has 1 saturated heterocycles. The molecule has 3 heteroatoms. The van der Waals surface area contributed by atoms with Crippen molar-refractivity contribution in [3.8, 4) is 12.8 Å². The molecule has 0 saturated carbocycles. The Morgan fingerprint density at radius 3 is 1.69 bits per heavy atom. The molecule has 1 fully saturated rings. The SMILES string of the molecule is C#C.C/C=C(\C)C(c1ccccc1)(c1ccccc1)N1CCNCC1.C=CC.CCOC. The molecule has 0 bridgehead atoms. The summed E-state index contributed by atoms with van der Waals surface area (Å²) in [6.07, 6.45) is 12.0. The van der Waals surface area contributed by atoms with Crippen LogP contribution in [0.1, 0.15) is 38.8 Å². The molecule has 0 spiro atoms. The standard InChI is InChI=1S/C21H26N2.C3H8O.C3H6.C2H2/c1-3-18(2)21(19-10-6-4-7-11-19,20-12-8-5-9-13-20)23-16-14-22-15-17-23;1-3-4-2;1-3-2;1-2/h3-13,22H,14-17H2,1-2H3;3H2,1-2H3;3H,1H2,2H3;1-2H/b18-3+;;;. The lowest BCUT2D eigenvalue weighted by atomic mass is 9.75. The maximum absolute atomic E-state index is 4.54. The summed E-state index contributed by atoms with van der Waals surface area (Å²) in [5.74, 6) is 0. The van der Waals surface area contributed by atoms with Gasteiger partial charge in [0.25, 0.3) is 0 Å². The van der Waals surface area contributed by atoms with Crippen molar-refractivity contribution in [2.75, 3.05) is 39.9 Å². The molecule has 0 unspecified atom stereocenters. The van der Waals surface area contributed by atoms with Gasteiger partial charge >= 0.3 is 0 Å². The summed E-state index contributed by atoms with van der Waals surface area (Å²) in [6, 6.07) is 21.9. The average Bonchev–Trinajstić information content (AvgIpc) is 2.88. The third-order valence-electron chi connectivity index (χ3n) is 5.27. The minimum absolute atomic E-state index is 0.181. The predicted molar refractivity (Wildman–Crippen MR) is 141 cm³/mol. The summed E-state index contributed by atoms with van der Waals surface area (Å²) in [5, 5.41) is 3.49. The fourth-order valence-corrected chi connectivity index (χ4v) is 3.80. The molecular weight excluding hydrogens is 392 g/mol. The molecule has 2 aromatic carbocycles. The van der Waals surface area contributed by atoms with Crippen LogP contribution in [0, 0.1) is 12.8 Å². The molecule has 1 heterocycles. The second-order valence-corrected chi connectivity index (χ2v) is 7.14. The van der Waals surface area contributed by atoms with E-state index in [0.717, 1.165) is 32.8 Å². The first kappa shape index (κ1) is 29.4. The van der Waals surface area contributed by atoms with E-state index >= 15 is 0 Å². The van der Waals surface area contributed by atoms with E-state index in [4.69, 9.17) is 0 Å². The Labute approximate surface area is 197 Å². The Morgan fingerprint density at radius 1 is 1.00 bits per heavy atom. The van der Waals surface area contributed by atoms with Crippen molar-refractivity contribution in [3.05, 3.63) is 96.1 Å². The summed E-state index contributed by atoms with van der Waals surface area (Å²) in [6.45, 7) is 16.6. The minimum atomic E-state index is -0.181. The lowest BCUT2D eigenvalue weighted by Crippen LogP contribution is -2.55. The van der Waals surface area contributed by atoms with Gasteiger partial charge < -0.3 is 10.1 Å². The maximum Gasteiger partial charge on any atom is 0.0930 e. The van der Waals surface area contributed by atoms with Crippen LogP contribution in [0.4, 0.5) is 0 Å². The van der Waals surface area contributed by atoms with Gasteiger partial charge in [-0.2, -0.15) is 0 Å². The summed E-state index contributed by atoms with van der Waals surface area (Å²) < 4.78 is 4.54. The van der Waals surface area contributed by atoms with Crippen LogP contribution in [0.2, 0.25) is 0 Å². The first-order valence-corrected chi connectivity index (χ1v) is 11.2. The number of terminal acetylenes is 1. The third kappa shape index (κ3) is 8.13. The van der Waals surface area contributed by atoms with Crippen LogP contribution in [0.5, 0.6) is 0 Å². The van der Waals surface area contributed by atoms with Crippen LogP contribution < -0.4 is 5.32 Å². The molecule has 2 aromatic rings. The Balaban J connectivity index is 0.000000926. The Hall–Kier alpha value is -2.64. The van der Waals surface area contributed by atoms with Crippen molar-refractivity contribution in [3.63, 3.8) is 0 Å². The van der Waals surface area contributed by atoms with Crippen LogP contribution in [-0.4, -0.2) is 44.8 Å². The molecule has 1 N–H and O–H groups in total. The highest BCUT2D eigenvalue weighted by Gasteiger charge is 2.41. The highest BCUT2D eigenvalue weighted by molar-refractivity contribution is 5.47. The zero-order valence-electron chi connectivity index (χ0n) is 20.7. The number of benzene rings is 2. The lowest BCUT2D eigenvalue weighted by molar-refractivity contribution is 0.133. The highest BCUT2D eigenvalue weighted by Crippen LogP contribution is 2.42. The van der Waals surface area contributed by atoms with E-state index in [1.807, 2.05) is 13.8 Å². The number of ether oxygens (including phenoxy) is 1. The molecule has 0 aromatic heterocycles. The highest BCUT2D eigenvalue weighted by atomic mass is 16.5. The van der Waals surface area contributed by atoms with Crippen molar-refractivity contribution < 1.29 is 4.74 Å². The number of methoxy groups -OCH3 is 1. The fourth-order valence-electron chi connectivity index (χ4n) is 3.80. The van der Waals surface area contributed by atoms with Crippen LogP contribution in [0.15, 0.2) is 85.0 Å². The van der Waals surface area contributed by atoms with Gasteiger partial charge in [0, 0.05) is 39.9 Å². The van der Waals surface area contributed by atoms with E-state index in [0.29, 0.717) is 0 Å². The van der Waals surface area contributed by atoms with Gasteiger partial charge in [-0.3, -0.25) is 4.90 Å². The first-order chi connectivity index (χ1) is 15.6. The van der Waals surface area contributed by atoms with Gasteiger partial charge in [0.2, 0.25) is 0 Å². The van der Waals surface area contributed by atoms with Crippen molar-refractivity contribution in [2.24, 2.45) is 0 Å².